The Balaban J connectivity index is 1.64. The second kappa shape index (κ2) is 7.15. The molecule has 1 aliphatic carbocycles. The maximum Gasteiger partial charge on any atom is 0.272 e. The minimum absolute atomic E-state index is 0.121. The summed E-state index contributed by atoms with van der Waals surface area (Å²) in [6.07, 6.45) is 1.74. The Bertz CT molecular complexity index is 855. The number of aromatic nitrogens is 3. The molecule has 2 aromatic rings. The van der Waals surface area contributed by atoms with Crippen LogP contribution in [0.25, 0.3) is 0 Å². The molecule has 3 rings (SSSR count). The highest BCUT2D eigenvalue weighted by molar-refractivity contribution is 5.92. The molecular weight excluding hydrogens is 332 g/mol. The third-order valence-corrected chi connectivity index (χ3v) is 4.46. The number of H-pyrrole nitrogens is 1. The fourth-order valence-electron chi connectivity index (χ4n) is 2.93. The first-order chi connectivity index (χ1) is 12.3. The van der Waals surface area contributed by atoms with Crippen molar-refractivity contribution in [1.82, 2.24) is 19.9 Å². The second-order valence-corrected chi connectivity index (χ2v) is 7.01. The van der Waals surface area contributed by atoms with Crippen molar-refractivity contribution in [3.63, 3.8) is 0 Å². The molecule has 0 atom stereocenters. The first kappa shape index (κ1) is 17.9. The topological polar surface area (TPSA) is 94.2 Å². The van der Waals surface area contributed by atoms with Gasteiger partial charge in [-0.15, -0.1) is 0 Å². The van der Waals surface area contributed by atoms with Crippen LogP contribution in [0.4, 0.5) is 11.8 Å². The van der Waals surface area contributed by atoms with Crippen molar-refractivity contribution < 1.29 is 4.79 Å². The molecule has 138 valence electrons. The standard InChI is InChI=1S/C18H24N6O2/c1-23(2)17(26)13-6-5-7-15(20-13)19-12-8-11(9-12)14-10-16(25)22-18(21-14)24(3)4/h5-7,10-12H,8-9H2,1-4H3,(H,19,20)(H,21,22,25). The number of hydrogen-bond acceptors (Lipinski definition) is 6. The number of nitrogens with zero attached hydrogens (tertiary/aromatic N) is 4. The monoisotopic (exact) mass is 356 g/mol. The number of anilines is 2. The average molecular weight is 356 g/mol. The Kier molecular flexibility index (Phi) is 4.92. The smallest absolute Gasteiger partial charge is 0.272 e. The van der Waals surface area contributed by atoms with Gasteiger partial charge in [0.25, 0.3) is 11.5 Å². The summed E-state index contributed by atoms with van der Waals surface area (Å²) in [6.45, 7) is 0. The quantitative estimate of drug-likeness (QED) is 0.838. The van der Waals surface area contributed by atoms with E-state index < -0.39 is 0 Å². The Morgan fingerprint density at radius 2 is 1.92 bits per heavy atom. The fraction of sp³-hybridized carbons (Fsp3) is 0.444. The molecule has 2 heterocycles. The third-order valence-electron chi connectivity index (χ3n) is 4.46. The Labute approximate surface area is 152 Å². The molecule has 0 spiro atoms. The van der Waals surface area contributed by atoms with Gasteiger partial charge in [0.1, 0.15) is 11.5 Å². The van der Waals surface area contributed by atoms with Gasteiger partial charge in [0.05, 0.1) is 5.69 Å². The Morgan fingerprint density at radius 3 is 2.58 bits per heavy atom. The van der Waals surface area contributed by atoms with Crippen LogP contribution in [0.2, 0.25) is 0 Å². The summed E-state index contributed by atoms with van der Waals surface area (Å²) in [4.78, 5) is 38.8. The van der Waals surface area contributed by atoms with Gasteiger partial charge in [-0.2, -0.15) is 0 Å². The Morgan fingerprint density at radius 1 is 1.19 bits per heavy atom. The molecule has 8 nitrogen and oxygen atoms in total. The van der Waals surface area contributed by atoms with Crippen molar-refractivity contribution in [1.29, 1.82) is 0 Å². The van der Waals surface area contributed by atoms with Gasteiger partial charge in [-0.25, -0.2) is 9.97 Å². The molecule has 2 N–H and O–H groups in total. The molecule has 26 heavy (non-hydrogen) atoms. The van der Waals surface area contributed by atoms with E-state index in [9.17, 15) is 9.59 Å². The van der Waals surface area contributed by atoms with Crippen molar-refractivity contribution in [2.24, 2.45) is 0 Å². The molecule has 1 saturated carbocycles. The van der Waals surface area contributed by atoms with Crippen molar-refractivity contribution >= 4 is 17.7 Å². The van der Waals surface area contributed by atoms with Crippen LogP contribution in [0.15, 0.2) is 29.1 Å². The van der Waals surface area contributed by atoms with E-state index in [-0.39, 0.29) is 23.4 Å². The lowest BCUT2D eigenvalue weighted by atomic mass is 9.78. The maximum absolute atomic E-state index is 12.0. The van der Waals surface area contributed by atoms with Crippen molar-refractivity contribution in [3.05, 3.63) is 46.0 Å². The number of amides is 1. The molecule has 0 saturated heterocycles. The predicted molar refractivity (Wildman–Crippen MR) is 101 cm³/mol. The molecule has 1 aliphatic rings. The van der Waals surface area contributed by atoms with E-state index in [1.807, 2.05) is 26.2 Å². The van der Waals surface area contributed by atoms with Crippen LogP contribution in [0.1, 0.15) is 34.9 Å². The van der Waals surface area contributed by atoms with Gasteiger partial charge in [-0.1, -0.05) is 6.07 Å². The van der Waals surface area contributed by atoms with E-state index in [0.717, 1.165) is 18.5 Å². The van der Waals surface area contributed by atoms with E-state index in [0.29, 0.717) is 17.5 Å². The van der Waals surface area contributed by atoms with Crippen LogP contribution < -0.4 is 15.8 Å². The lowest BCUT2D eigenvalue weighted by Gasteiger charge is -2.36. The first-order valence-electron chi connectivity index (χ1n) is 8.57. The van der Waals surface area contributed by atoms with Gasteiger partial charge < -0.3 is 15.1 Å². The van der Waals surface area contributed by atoms with Crippen molar-refractivity contribution in [2.45, 2.75) is 24.8 Å². The van der Waals surface area contributed by atoms with Crippen LogP contribution in [-0.4, -0.2) is 60.0 Å². The molecule has 0 aliphatic heterocycles. The highest BCUT2D eigenvalue weighted by Gasteiger charge is 2.32. The largest absolute Gasteiger partial charge is 0.367 e. The SMILES string of the molecule is CN(C)C(=O)c1cccc(NC2CC(c3cc(=O)[nH]c(N(C)C)n3)C2)n1. The zero-order valence-electron chi connectivity index (χ0n) is 15.5. The van der Waals surface area contributed by atoms with Crippen molar-refractivity contribution in [3.8, 4) is 0 Å². The molecule has 0 unspecified atom stereocenters. The van der Waals surface area contributed by atoms with Crippen LogP contribution >= 0.6 is 0 Å². The summed E-state index contributed by atoms with van der Waals surface area (Å²) in [6, 6.07) is 7.21. The number of nitrogens with one attached hydrogen (secondary N) is 2. The number of aromatic amines is 1. The van der Waals surface area contributed by atoms with E-state index in [1.165, 1.54) is 4.90 Å². The molecule has 8 heteroatoms. The normalized spacial score (nSPS) is 18.8. The summed E-state index contributed by atoms with van der Waals surface area (Å²) >= 11 is 0. The minimum atomic E-state index is -0.133. The predicted octanol–water partition coefficient (Wildman–Crippen LogP) is 1.29. The third kappa shape index (κ3) is 3.84. The van der Waals surface area contributed by atoms with Gasteiger partial charge in [0.15, 0.2) is 0 Å². The van der Waals surface area contributed by atoms with E-state index in [2.05, 4.69) is 20.3 Å². The lowest BCUT2D eigenvalue weighted by molar-refractivity contribution is 0.0822. The zero-order chi connectivity index (χ0) is 18.8. The van der Waals surface area contributed by atoms with E-state index >= 15 is 0 Å². The molecule has 0 aromatic carbocycles. The summed E-state index contributed by atoms with van der Waals surface area (Å²) in [5.41, 5.74) is 1.11. The van der Waals surface area contributed by atoms with Gasteiger partial charge in [-0.3, -0.25) is 14.6 Å². The maximum atomic E-state index is 12.0. The summed E-state index contributed by atoms with van der Waals surface area (Å²) < 4.78 is 0. The van der Waals surface area contributed by atoms with Crippen molar-refractivity contribution in [2.75, 3.05) is 38.4 Å². The van der Waals surface area contributed by atoms with Gasteiger partial charge in [0, 0.05) is 46.2 Å². The lowest BCUT2D eigenvalue weighted by Crippen LogP contribution is -2.35. The highest BCUT2D eigenvalue weighted by Crippen LogP contribution is 2.37. The molecule has 0 radical (unpaired) electrons. The van der Waals surface area contributed by atoms with Gasteiger partial charge in [0.2, 0.25) is 5.95 Å². The number of carbonyl (C=O) groups is 1. The van der Waals surface area contributed by atoms with Crippen LogP contribution in [0, 0.1) is 0 Å². The second-order valence-electron chi connectivity index (χ2n) is 7.01. The number of rotatable bonds is 5. The number of pyridine rings is 1. The minimum Gasteiger partial charge on any atom is -0.367 e. The molecule has 1 amide bonds. The Hall–Kier alpha value is -2.90. The number of carbonyl (C=O) groups excluding carboxylic acids is 1. The summed E-state index contributed by atoms with van der Waals surface area (Å²) in [5, 5.41) is 3.36. The van der Waals surface area contributed by atoms with Crippen LogP contribution in [0.5, 0.6) is 0 Å². The molecular formula is C18H24N6O2. The van der Waals surface area contributed by atoms with E-state index in [4.69, 9.17) is 0 Å². The molecule has 0 bridgehead atoms. The molecule has 1 fully saturated rings. The highest BCUT2D eigenvalue weighted by atomic mass is 16.2. The van der Waals surface area contributed by atoms with Crippen LogP contribution in [-0.2, 0) is 0 Å². The number of hydrogen-bond donors (Lipinski definition) is 2. The summed E-state index contributed by atoms with van der Waals surface area (Å²) in [5.74, 6) is 1.39. The summed E-state index contributed by atoms with van der Waals surface area (Å²) in [7, 11) is 7.11. The van der Waals surface area contributed by atoms with Gasteiger partial charge >= 0.3 is 0 Å². The van der Waals surface area contributed by atoms with Gasteiger partial charge in [-0.05, 0) is 25.0 Å². The molecule has 2 aromatic heterocycles. The zero-order valence-corrected chi connectivity index (χ0v) is 15.5. The van der Waals surface area contributed by atoms with E-state index in [1.54, 1.807) is 31.1 Å². The first-order valence-corrected chi connectivity index (χ1v) is 8.57. The average Bonchev–Trinajstić information content (AvgIpc) is 2.56. The fourth-order valence-corrected chi connectivity index (χ4v) is 2.93. The van der Waals surface area contributed by atoms with Crippen LogP contribution in [0.3, 0.4) is 0 Å².